The normalized spacial score (nSPS) is 11.4. The Morgan fingerprint density at radius 2 is 0.784 bits per heavy atom. The van der Waals surface area contributed by atoms with Crippen LogP contribution in [0.25, 0.3) is 44.5 Å². The smallest absolute Gasteiger partial charge is 0.349 e. The second-order valence-electron chi connectivity index (χ2n) is 12.1. The molecule has 0 aliphatic rings. The minimum Gasteiger partial charge on any atom is -0.349 e. The Hall–Kier alpha value is -6.15. The predicted octanol–water partition coefficient (Wildman–Crippen LogP) is 12.4. The molecule has 0 aliphatic carbocycles. The molecule has 0 radical (unpaired) electrons. The molecule has 0 saturated heterocycles. The summed E-state index contributed by atoms with van der Waals surface area (Å²) in [5.74, 6) is 4.14. The third-order valence-electron chi connectivity index (χ3n) is 8.87. The van der Waals surface area contributed by atoms with Gasteiger partial charge in [0.25, 0.3) is 0 Å². The Bertz CT molecular complexity index is 2220. The van der Waals surface area contributed by atoms with Gasteiger partial charge >= 0.3 is 6.18 Å². The highest BCUT2D eigenvalue weighted by Gasteiger charge is 2.36. The van der Waals surface area contributed by atoms with Crippen molar-refractivity contribution in [2.24, 2.45) is 0 Å². The summed E-state index contributed by atoms with van der Waals surface area (Å²) in [6, 6.07) is 60.8. The molecule has 0 atom stereocenters. The molecule has 7 aromatic rings. The molecule has 0 saturated carbocycles. The average molecular weight is 671 g/mol. The molecule has 0 heterocycles. The van der Waals surface area contributed by atoms with Crippen LogP contribution in [0.1, 0.15) is 16.7 Å². The lowest BCUT2D eigenvalue weighted by Gasteiger charge is -2.31. The Labute approximate surface area is 296 Å². The number of halogens is 3. The molecule has 0 aromatic heterocycles. The van der Waals surface area contributed by atoms with Crippen LogP contribution >= 0.6 is 0 Å². The first-order valence-electron chi connectivity index (χ1n) is 16.7. The topological polar surface area (TPSA) is 9.23 Å². The lowest BCUT2D eigenvalue weighted by atomic mass is 9.80. The molecule has 7 aromatic carbocycles. The fourth-order valence-electron chi connectivity index (χ4n) is 6.64. The van der Waals surface area contributed by atoms with E-state index in [1.807, 2.05) is 84.9 Å². The lowest BCUT2D eigenvalue weighted by Crippen LogP contribution is -2.30. The van der Waals surface area contributed by atoms with Gasteiger partial charge in [0, 0.05) is 17.0 Å². The maximum Gasteiger partial charge on any atom is 0.457 e. The van der Waals surface area contributed by atoms with Crippen molar-refractivity contribution in [3.63, 3.8) is 0 Å². The summed E-state index contributed by atoms with van der Waals surface area (Å²) in [6.07, 6.45) is -4.73. The van der Waals surface area contributed by atoms with Crippen molar-refractivity contribution in [2.45, 2.75) is 18.4 Å². The van der Waals surface area contributed by atoms with E-state index in [-0.39, 0.29) is 6.61 Å². The van der Waals surface area contributed by atoms with Crippen molar-refractivity contribution >= 4 is 0 Å². The van der Waals surface area contributed by atoms with Gasteiger partial charge < -0.3 is 4.74 Å². The number of hydrogen-bond donors (Lipinski definition) is 0. The van der Waals surface area contributed by atoms with Crippen molar-refractivity contribution in [3.8, 4) is 56.3 Å². The highest BCUT2D eigenvalue weighted by atomic mass is 19.4. The summed E-state index contributed by atoms with van der Waals surface area (Å²) in [5, 5.41) is 0. The summed E-state index contributed by atoms with van der Waals surface area (Å²) >= 11 is 0. The van der Waals surface area contributed by atoms with E-state index in [4.69, 9.17) is 4.74 Å². The summed E-state index contributed by atoms with van der Waals surface area (Å²) in [5.41, 5.74) is 8.04. The number of rotatable bonds is 9. The first-order chi connectivity index (χ1) is 24.9. The first kappa shape index (κ1) is 33.4. The fraction of sp³-hybridized carbons (Fsp3) is 0.0638. The van der Waals surface area contributed by atoms with Gasteiger partial charge in [-0.05, 0) is 62.1 Å². The molecule has 0 fully saturated rings. The van der Waals surface area contributed by atoms with Crippen LogP contribution in [0.2, 0.25) is 0 Å². The zero-order chi connectivity index (χ0) is 35.1. The molecule has 0 N–H and O–H groups in total. The Balaban J connectivity index is 1.55. The van der Waals surface area contributed by atoms with Crippen LogP contribution in [0.3, 0.4) is 0 Å². The van der Waals surface area contributed by atoms with Gasteiger partial charge in [-0.3, -0.25) is 0 Å². The van der Waals surface area contributed by atoms with Gasteiger partial charge in [-0.2, -0.15) is 13.2 Å². The molecule has 0 spiro atoms. The Kier molecular flexibility index (Phi) is 9.65. The van der Waals surface area contributed by atoms with E-state index in [0.29, 0.717) is 11.1 Å². The highest BCUT2D eigenvalue weighted by molar-refractivity contribution is 6.02. The molecule has 4 heteroatoms. The standard InChI is InChI=1S/C47H33F3O/c48-47(49,50)32-31-46(40-27-15-5-16-28-40,41-29-17-6-18-30-41)51-34-39-33-42(35-19-7-1-8-20-35)44(37-23-11-3-12-24-37)45(38-25-13-4-14-26-38)43(39)36-21-9-2-10-22-36/h1-30,33H,34H2. The summed E-state index contributed by atoms with van der Waals surface area (Å²) in [4.78, 5) is 0. The molecule has 0 amide bonds. The van der Waals surface area contributed by atoms with E-state index >= 15 is 0 Å². The highest BCUT2D eigenvalue weighted by Crippen LogP contribution is 2.48. The van der Waals surface area contributed by atoms with Gasteiger partial charge in [0.15, 0.2) is 5.60 Å². The first-order valence-corrected chi connectivity index (χ1v) is 16.7. The Morgan fingerprint density at radius 1 is 0.412 bits per heavy atom. The Morgan fingerprint density at radius 3 is 1.22 bits per heavy atom. The quantitative estimate of drug-likeness (QED) is 0.139. The fourth-order valence-corrected chi connectivity index (χ4v) is 6.64. The number of benzene rings is 7. The molecule has 7 rings (SSSR count). The van der Waals surface area contributed by atoms with Crippen LogP contribution < -0.4 is 0 Å². The van der Waals surface area contributed by atoms with Crippen molar-refractivity contribution in [1.82, 2.24) is 0 Å². The van der Waals surface area contributed by atoms with Crippen LogP contribution in [0.15, 0.2) is 188 Å². The maximum absolute atomic E-state index is 13.9. The lowest BCUT2D eigenvalue weighted by molar-refractivity contribution is -0.0708. The van der Waals surface area contributed by atoms with Crippen molar-refractivity contribution < 1.29 is 17.9 Å². The van der Waals surface area contributed by atoms with Crippen molar-refractivity contribution in [2.75, 3.05) is 0 Å². The molecule has 248 valence electrons. The van der Waals surface area contributed by atoms with E-state index < -0.39 is 11.8 Å². The van der Waals surface area contributed by atoms with E-state index in [9.17, 15) is 13.2 Å². The van der Waals surface area contributed by atoms with Crippen molar-refractivity contribution in [1.29, 1.82) is 0 Å². The molecule has 51 heavy (non-hydrogen) atoms. The largest absolute Gasteiger partial charge is 0.457 e. The molecule has 0 aliphatic heterocycles. The minimum absolute atomic E-state index is 0.0463. The summed E-state index contributed by atoms with van der Waals surface area (Å²) in [7, 11) is 0. The summed E-state index contributed by atoms with van der Waals surface area (Å²) < 4.78 is 48.7. The van der Waals surface area contributed by atoms with E-state index in [1.165, 1.54) is 0 Å². The molecule has 0 bridgehead atoms. The van der Waals surface area contributed by atoms with Gasteiger partial charge in [0.2, 0.25) is 0 Å². The number of ether oxygens (including phenoxy) is 1. The average Bonchev–Trinajstić information content (AvgIpc) is 3.19. The third-order valence-corrected chi connectivity index (χ3v) is 8.87. The van der Waals surface area contributed by atoms with Gasteiger partial charge in [0.1, 0.15) is 0 Å². The molecule has 0 unspecified atom stereocenters. The van der Waals surface area contributed by atoms with Gasteiger partial charge in [0.05, 0.1) is 6.61 Å². The number of hydrogen-bond acceptors (Lipinski definition) is 1. The number of alkyl halides is 3. The monoisotopic (exact) mass is 670 g/mol. The third kappa shape index (κ3) is 7.26. The van der Waals surface area contributed by atoms with Gasteiger partial charge in [-0.15, -0.1) is 0 Å². The molecular weight excluding hydrogens is 638 g/mol. The van der Waals surface area contributed by atoms with Gasteiger partial charge in [-0.25, -0.2) is 0 Å². The van der Waals surface area contributed by atoms with Crippen LogP contribution in [0.4, 0.5) is 13.2 Å². The van der Waals surface area contributed by atoms with E-state index in [1.54, 1.807) is 54.5 Å². The van der Waals surface area contributed by atoms with E-state index in [0.717, 1.165) is 50.1 Å². The molecule has 1 nitrogen and oxygen atoms in total. The second-order valence-corrected chi connectivity index (χ2v) is 12.1. The maximum atomic E-state index is 13.9. The van der Waals surface area contributed by atoms with Crippen LogP contribution in [-0.2, 0) is 16.9 Å². The molecular formula is C47H33F3O. The van der Waals surface area contributed by atoms with E-state index in [2.05, 4.69) is 60.5 Å². The van der Waals surface area contributed by atoms with Crippen LogP contribution in [0.5, 0.6) is 0 Å². The predicted molar refractivity (Wildman–Crippen MR) is 200 cm³/mol. The summed E-state index contributed by atoms with van der Waals surface area (Å²) in [6.45, 7) is -0.0463. The minimum atomic E-state index is -4.73. The SMILES string of the molecule is FC(F)(F)C#CC(OCc1cc(-c2ccccc2)c(-c2ccccc2)c(-c2ccccc2)c1-c1ccccc1)(c1ccccc1)c1ccccc1. The van der Waals surface area contributed by atoms with Gasteiger partial charge in [-0.1, -0.05) is 182 Å². The van der Waals surface area contributed by atoms with Crippen LogP contribution in [0, 0.1) is 11.8 Å². The van der Waals surface area contributed by atoms with Crippen LogP contribution in [-0.4, -0.2) is 6.18 Å². The zero-order valence-corrected chi connectivity index (χ0v) is 27.6. The second kappa shape index (κ2) is 14.8. The zero-order valence-electron chi connectivity index (χ0n) is 27.6. The van der Waals surface area contributed by atoms with Crippen molar-refractivity contribution in [3.05, 3.63) is 205 Å².